The minimum atomic E-state index is -0.280. The van der Waals surface area contributed by atoms with Gasteiger partial charge in [0.2, 0.25) is 11.8 Å². The molecule has 6 heteroatoms. The van der Waals surface area contributed by atoms with Gasteiger partial charge in [0.1, 0.15) is 0 Å². The monoisotopic (exact) mass is 347 g/mol. The maximum atomic E-state index is 12.3. The minimum Gasteiger partial charge on any atom is -0.385 e. The molecule has 1 aliphatic heterocycles. The average Bonchev–Trinajstić information content (AvgIpc) is 3.02. The Labute approximate surface area is 150 Å². The second kappa shape index (κ2) is 9.42. The maximum Gasteiger partial charge on any atom is 0.227 e. The molecule has 1 atom stereocenters. The van der Waals surface area contributed by atoms with Crippen molar-refractivity contribution >= 4 is 23.2 Å². The summed E-state index contributed by atoms with van der Waals surface area (Å²) in [7, 11) is 1.64. The largest absolute Gasteiger partial charge is 0.385 e. The first-order valence-electron chi connectivity index (χ1n) is 9.02. The van der Waals surface area contributed by atoms with Crippen LogP contribution in [0.2, 0.25) is 0 Å². The van der Waals surface area contributed by atoms with E-state index in [1.54, 1.807) is 12.0 Å². The first-order valence-corrected chi connectivity index (χ1v) is 9.02. The van der Waals surface area contributed by atoms with Crippen LogP contribution in [0.4, 0.5) is 11.4 Å². The molecule has 0 aromatic heterocycles. The summed E-state index contributed by atoms with van der Waals surface area (Å²) in [6.07, 6.45) is 1.05. The number of hydrogen-bond acceptors (Lipinski definition) is 4. The molecular formula is C19H29N3O3. The Balaban J connectivity index is 1.94. The van der Waals surface area contributed by atoms with Crippen LogP contribution in [0.25, 0.3) is 0 Å². The molecule has 0 radical (unpaired) electrons. The van der Waals surface area contributed by atoms with E-state index in [0.717, 1.165) is 30.9 Å². The molecule has 1 unspecified atom stereocenters. The van der Waals surface area contributed by atoms with Gasteiger partial charge in [0.15, 0.2) is 0 Å². The number of anilines is 2. The molecule has 1 aliphatic rings. The summed E-state index contributed by atoms with van der Waals surface area (Å²) >= 11 is 0. The molecule has 0 spiro atoms. The number of benzene rings is 1. The fourth-order valence-corrected chi connectivity index (χ4v) is 3.14. The van der Waals surface area contributed by atoms with E-state index in [0.29, 0.717) is 19.7 Å². The molecule has 2 rings (SSSR count). The van der Waals surface area contributed by atoms with Crippen LogP contribution in [0.1, 0.15) is 26.7 Å². The van der Waals surface area contributed by atoms with Crippen LogP contribution in [0, 0.1) is 5.92 Å². The Morgan fingerprint density at radius 2 is 1.96 bits per heavy atom. The fourth-order valence-electron chi connectivity index (χ4n) is 3.14. The molecule has 6 nitrogen and oxygen atoms in total. The third-order valence-corrected chi connectivity index (χ3v) is 4.61. The average molecular weight is 347 g/mol. The molecule has 138 valence electrons. The van der Waals surface area contributed by atoms with Crippen LogP contribution >= 0.6 is 0 Å². The smallest absolute Gasteiger partial charge is 0.227 e. The molecule has 1 N–H and O–H groups in total. The van der Waals surface area contributed by atoms with Gasteiger partial charge in [-0.2, -0.15) is 0 Å². The van der Waals surface area contributed by atoms with Gasteiger partial charge in [-0.1, -0.05) is 0 Å². The van der Waals surface area contributed by atoms with E-state index < -0.39 is 0 Å². The van der Waals surface area contributed by atoms with Crippen LogP contribution in [-0.2, 0) is 14.3 Å². The van der Waals surface area contributed by atoms with Gasteiger partial charge in [-0.05, 0) is 44.5 Å². The van der Waals surface area contributed by atoms with Crippen molar-refractivity contribution in [3.05, 3.63) is 24.3 Å². The summed E-state index contributed by atoms with van der Waals surface area (Å²) < 4.78 is 4.97. The summed E-state index contributed by atoms with van der Waals surface area (Å²) in [6, 6.07) is 8.00. The van der Waals surface area contributed by atoms with E-state index in [1.807, 2.05) is 24.3 Å². The fraction of sp³-hybridized carbons (Fsp3) is 0.579. The Morgan fingerprint density at radius 1 is 1.28 bits per heavy atom. The third-order valence-electron chi connectivity index (χ3n) is 4.61. The summed E-state index contributed by atoms with van der Waals surface area (Å²) in [5.74, 6) is -0.322. The highest BCUT2D eigenvalue weighted by Gasteiger charge is 2.34. The van der Waals surface area contributed by atoms with Crippen molar-refractivity contribution < 1.29 is 14.3 Å². The SMILES string of the molecule is CCN(CC)c1ccc(N2CC(C(=O)NCCCOC)CC2=O)cc1. The van der Waals surface area contributed by atoms with E-state index in [1.165, 1.54) is 0 Å². The number of rotatable bonds is 9. The molecule has 2 amide bonds. The Kier molecular flexibility index (Phi) is 7.25. The molecule has 0 aliphatic carbocycles. The first kappa shape index (κ1) is 19.2. The van der Waals surface area contributed by atoms with Crippen molar-refractivity contribution in [3.63, 3.8) is 0 Å². The van der Waals surface area contributed by atoms with Gasteiger partial charge in [-0.3, -0.25) is 9.59 Å². The third kappa shape index (κ3) is 4.95. The zero-order valence-electron chi connectivity index (χ0n) is 15.5. The van der Waals surface area contributed by atoms with Crippen LogP contribution < -0.4 is 15.1 Å². The topological polar surface area (TPSA) is 61.9 Å². The van der Waals surface area contributed by atoms with Crippen LogP contribution in [-0.4, -0.2) is 51.7 Å². The molecule has 25 heavy (non-hydrogen) atoms. The van der Waals surface area contributed by atoms with Crippen LogP contribution in [0.15, 0.2) is 24.3 Å². The number of carbonyl (C=O) groups is 2. The zero-order valence-corrected chi connectivity index (χ0v) is 15.5. The van der Waals surface area contributed by atoms with Crippen molar-refractivity contribution in [1.29, 1.82) is 0 Å². The lowest BCUT2D eigenvalue weighted by Crippen LogP contribution is -2.33. The summed E-state index contributed by atoms with van der Waals surface area (Å²) in [6.45, 7) is 7.78. The van der Waals surface area contributed by atoms with E-state index in [2.05, 4.69) is 24.1 Å². The van der Waals surface area contributed by atoms with Gasteiger partial charge in [0.05, 0.1) is 5.92 Å². The van der Waals surface area contributed by atoms with E-state index in [4.69, 9.17) is 4.74 Å². The maximum absolute atomic E-state index is 12.3. The minimum absolute atomic E-state index is 0.00707. The molecule has 0 saturated carbocycles. The van der Waals surface area contributed by atoms with Crippen molar-refractivity contribution in [3.8, 4) is 0 Å². The van der Waals surface area contributed by atoms with Gasteiger partial charge in [-0.25, -0.2) is 0 Å². The van der Waals surface area contributed by atoms with Gasteiger partial charge in [0.25, 0.3) is 0 Å². The van der Waals surface area contributed by atoms with Gasteiger partial charge >= 0.3 is 0 Å². The highest BCUT2D eigenvalue weighted by molar-refractivity contribution is 6.00. The number of hydrogen-bond donors (Lipinski definition) is 1. The standard InChI is InChI=1S/C19H29N3O3/c1-4-21(5-2)16-7-9-17(10-8-16)22-14-15(13-18(22)23)19(24)20-11-6-12-25-3/h7-10,15H,4-6,11-14H2,1-3H3,(H,20,24). The number of carbonyl (C=O) groups excluding carboxylic acids is 2. The lowest BCUT2D eigenvalue weighted by atomic mass is 10.1. The number of methoxy groups -OCH3 is 1. The van der Waals surface area contributed by atoms with Gasteiger partial charge in [0, 0.05) is 57.7 Å². The molecule has 1 aromatic carbocycles. The van der Waals surface area contributed by atoms with Crippen molar-refractivity contribution in [2.45, 2.75) is 26.7 Å². The normalized spacial score (nSPS) is 17.0. The van der Waals surface area contributed by atoms with Crippen LogP contribution in [0.3, 0.4) is 0 Å². The number of amides is 2. The van der Waals surface area contributed by atoms with Gasteiger partial charge < -0.3 is 19.9 Å². The number of nitrogens with zero attached hydrogens (tertiary/aromatic N) is 2. The molecule has 1 fully saturated rings. The Morgan fingerprint density at radius 3 is 2.56 bits per heavy atom. The summed E-state index contributed by atoms with van der Waals surface area (Å²) in [4.78, 5) is 28.5. The number of ether oxygens (including phenoxy) is 1. The highest BCUT2D eigenvalue weighted by Crippen LogP contribution is 2.27. The summed E-state index contributed by atoms with van der Waals surface area (Å²) in [5.41, 5.74) is 2.00. The lowest BCUT2D eigenvalue weighted by molar-refractivity contribution is -0.126. The summed E-state index contributed by atoms with van der Waals surface area (Å²) in [5, 5.41) is 2.89. The van der Waals surface area contributed by atoms with Gasteiger partial charge in [-0.15, -0.1) is 0 Å². The van der Waals surface area contributed by atoms with Crippen molar-refractivity contribution in [1.82, 2.24) is 5.32 Å². The van der Waals surface area contributed by atoms with E-state index in [9.17, 15) is 9.59 Å². The second-order valence-electron chi connectivity index (χ2n) is 6.23. The predicted octanol–water partition coefficient (Wildman–Crippen LogP) is 2.04. The van der Waals surface area contributed by atoms with Crippen LogP contribution in [0.5, 0.6) is 0 Å². The quantitative estimate of drug-likeness (QED) is 0.695. The highest BCUT2D eigenvalue weighted by atomic mass is 16.5. The van der Waals surface area contributed by atoms with E-state index in [-0.39, 0.29) is 24.2 Å². The Hall–Kier alpha value is -2.08. The predicted molar refractivity (Wildman–Crippen MR) is 100.0 cm³/mol. The van der Waals surface area contributed by atoms with E-state index >= 15 is 0 Å². The Bertz CT molecular complexity index is 570. The van der Waals surface area contributed by atoms with Crippen molar-refractivity contribution in [2.75, 3.05) is 49.7 Å². The zero-order chi connectivity index (χ0) is 18.2. The molecule has 1 aromatic rings. The van der Waals surface area contributed by atoms with Crippen molar-refractivity contribution in [2.24, 2.45) is 5.92 Å². The molecule has 0 bridgehead atoms. The number of nitrogens with one attached hydrogen (secondary N) is 1. The molecular weight excluding hydrogens is 318 g/mol. The second-order valence-corrected chi connectivity index (χ2v) is 6.23. The molecule has 1 heterocycles. The molecule has 1 saturated heterocycles. The lowest BCUT2D eigenvalue weighted by Gasteiger charge is -2.22. The first-order chi connectivity index (χ1) is 12.1.